The van der Waals surface area contributed by atoms with E-state index in [2.05, 4.69) is 10.1 Å². The minimum Gasteiger partial charge on any atom is -0.454 e. The van der Waals surface area contributed by atoms with E-state index in [1.54, 1.807) is 9.58 Å². The third kappa shape index (κ3) is 2.95. The summed E-state index contributed by atoms with van der Waals surface area (Å²) in [6, 6.07) is 17.5. The lowest BCUT2D eigenvalue weighted by molar-refractivity contribution is 0.133. The van der Waals surface area contributed by atoms with Crippen molar-refractivity contribution >= 4 is 17.1 Å². The van der Waals surface area contributed by atoms with Crippen molar-refractivity contribution in [3.63, 3.8) is 0 Å². The molecule has 154 valence electrons. The van der Waals surface area contributed by atoms with Gasteiger partial charge in [-0.2, -0.15) is 10.1 Å². The molecule has 2 aliphatic rings. The van der Waals surface area contributed by atoms with Gasteiger partial charge in [0.05, 0.1) is 17.9 Å². The number of nitrogens with zero attached hydrogens (tertiary/aromatic N) is 4. The van der Waals surface area contributed by atoms with Crippen molar-refractivity contribution in [2.75, 3.05) is 6.79 Å². The molecular formula is C23H18N4O4. The molecule has 31 heavy (non-hydrogen) atoms. The number of aryl methyl sites for hydroxylation is 1. The van der Waals surface area contributed by atoms with Gasteiger partial charge in [0.15, 0.2) is 17.1 Å². The molecule has 8 nitrogen and oxygen atoms in total. The number of hydrogen-bond acceptors (Lipinski definition) is 6. The van der Waals surface area contributed by atoms with Gasteiger partial charge in [-0.25, -0.2) is 9.48 Å². The summed E-state index contributed by atoms with van der Waals surface area (Å²) in [6.07, 6.45) is -0.431. The number of rotatable bonds is 3. The van der Waals surface area contributed by atoms with Gasteiger partial charge in [-0.3, -0.25) is 4.90 Å². The maximum Gasteiger partial charge on any atom is 0.417 e. The second kappa shape index (κ2) is 6.73. The minimum atomic E-state index is -0.431. The molecule has 2 aliphatic heterocycles. The van der Waals surface area contributed by atoms with Crippen LogP contribution in [0.1, 0.15) is 16.8 Å². The van der Waals surface area contributed by atoms with Gasteiger partial charge in [-0.05, 0) is 42.8 Å². The average Bonchev–Trinajstić information content (AvgIpc) is 3.38. The smallest absolute Gasteiger partial charge is 0.417 e. The van der Waals surface area contributed by atoms with Crippen LogP contribution >= 0.6 is 0 Å². The number of hydrogen-bond donors (Lipinski definition) is 0. The van der Waals surface area contributed by atoms with E-state index >= 15 is 0 Å². The molecule has 6 rings (SSSR count). The number of aromatic nitrogens is 3. The monoisotopic (exact) mass is 414 g/mol. The van der Waals surface area contributed by atoms with Gasteiger partial charge < -0.3 is 14.2 Å². The molecule has 4 heterocycles. The van der Waals surface area contributed by atoms with Gasteiger partial charge in [0, 0.05) is 17.5 Å². The summed E-state index contributed by atoms with van der Waals surface area (Å²) < 4.78 is 18.2. The van der Waals surface area contributed by atoms with Gasteiger partial charge in [-0.1, -0.05) is 24.3 Å². The first-order valence-corrected chi connectivity index (χ1v) is 9.96. The van der Waals surface area contributed by atoms with Crippen molar-refractivity contribution in [1.29, 1.82) is 0 Å². The van der Waals surface area contributed by atoms with E-state index in [4.69, 9.17) is 14.2 Å². The molecule has 0 saturated carbocycles. The van der Waals surface area contributed by atoms with E-state index in [1.807, 2.05) is 61.5 Å². The predicted molar refractivity (Wildman–Crippen MR) is 111 cm³/mol. The first-order valence-electron chi connectivity index (χ1n) is 9.96. The zero-order valence-corrected chi connectivity index (χ0v) is 16.7. The quantitative estimate of drug-likeness (QED) is 0.505. The fourth-order valence-corrected chi connectivity index (χ4v) is 3.96. The first kappa shape index (κ1) is 17.8. The van der Waals surface area contributed by atoms with Crippen molar-refractivity contribution in [3.8, 4) is 23.1 Å². The zero-order chi connectivity index (χ0) is 20.9. The molecule has 0 saturated heterocycles. The largest absolute Gasteiger partial charge is 0.454 e. The molecule has 0 N–H and O–H groups in total. The van der Waals surface area contributed by atoms with E-state index in [0.717, 1.165) is 27.9 Å². The summed E-state index contributed by atoms with van der Waals surface area (Å²) >= 11 is 0. The number of carbonyl (C=O) groups excluding carboxylic acids is 1. The fraction of sp³-hybridized carbons (Fsp3) is 0.174. The van der Waals surface area contributed by atoms with Crippen LogP contribution in [-0.2, 0) is 13.1 Å². The highest BCUT2D eigenvalue weighted by Gasteiger charge is 2.28. The summed E-state index contributed by atoms with van der Waals surface area (Å²) in [5, 5.41) is 5.58. The van der Waals surface area contributed by atoms with Crippen molar-refractivity contribution in [2.45, 2.75) is 20.0 Å². The lowest BCUT2D eigenvalue weighted by atomic mass is 10.1. The number of amides is 1. The normalized spacial score (nSPS) is 14.6. The summed E-state index contributed by atoms with van der Waals surface area (Å²) in [5.41, 5.74) is 4.22. The second-order valence-electron chi connectivity index (χ2n) is 7.57. The van der Waals surface area contributed by atoms with E-state index in [1.165, 1.54) is 0 Å². The Hall–Kier alpha value is -4.07. The molecule has 4 aromatic rings. The second-order valence-corrected chi connectivity index (χ2v) is 7.57. The third-order valence-corrected chi connectivity index (χ3v) is 5.50. The predicted octanol–water partition coefficient (Wildman–Crippen LogP) is 3.97. The minimum absolute atomic E-state index is 0.218. The molecule has 0 aliphatic carbocycles. The highest BCUT2D eigenvalue weighted by Crippen LogP contribution is 2.34. The van der Waals surface area contributed by atoms with E-state index in [9.17, 15) is 4.79 Å². The van der Waals surface area contributed by atoms with E-state index in [-0.39, 0.29) is 6.79 Å². The molecule has 8 heteroatoms. The SMILES string of the molecule is Cc1nn(-c2ccccc2)c2nc3c(cc12)CN(Cc1ccc2c(c1)OCO2)C(=O)O3. The third-order valence-electron chi connectivity index (χ3n) is 5.50. The summed E-state index contributed by atoms with van der Waals surface area (Å²) in [7, 11) is 0. The highest BCUT2D eigenvalue weighted by molar-refractivity contribution is 5.83. The molecule has 0 unspecified atom stereocenters. The molecular weight excluding hydrogens is 396 g/mol. The number of benzene rings is 2. The molecule has 2 aromatic heterocycles. The van der Waals surface area contributed by atoms with Crippen molar-refractivity contribution in [1.82, 2.24) is 19.7 Å². The number of carbonyl (C=O) groups is 1. The van der Waals surface area contributed by atoms with Crippen LogP contribution in [0.4, 0.5) is 4.79 Å². The molecule has 1 amide bonds. The standard InChI is InChI=1S/C23H18N4O4/c1-14-18-10-16-12-26(11-15-7-8-19-20(9-15)30-13-29-19)23(28)31-22(16)24-21(18)27(25-14)17-5-3-2-4-6-17/h2-10H,11-13H2,1H3. The van der Waals surface area contributed by atoms with Crippen molar-refractivity contribution < 1.29 is 19.0 Å². The number of ether oxygens (including phenoxy) is 3. The van der Waals surface area contributed by atoms with Gasteiger partial charge >= 0.3 is 6.09 Å². The Balaban J connectivity index is 1.34. The summed E-state index contributed by atoms with van der Waals surface area (Å²) in [4.78, 5) is 19.0. The summed E-state index contributed by atoms with van der Waals surface area (Å²) in [5.74, 6) is 1.74. The van der Waals surface area contributed by atoms with E-state index in [0.29, 0.717) is 36.1 Å². The van der Waals surface area contributed by atoms with Crippen molar-refractivity contribution in [2.24, 2.45) is 0 Å². The van der Waals surface area contributed by atoms with Crippen LogP contribution in [0.2, 0.25) is 0 Å². The Morgan fingerprint density at radius 2 is 1.87 bits per heavy atom. The summed E-state index contributed by atoms with van der Waals surface area (Å²) in [6.45, 7) is 2.97. The maximum atomic E-state index is 12.7. The van der Waals surface area contributed by atoms with Gasteiger partial charge in [0.2, 0.25) is 12.7 Å². The number of para-hydroxylation sites is 1. The Bertz CT molecular complexity index is 1330. The van der Waals surface area contributed by atoms with Gasteiger partial charge in [0.1, 0.15) is 0 Å². The molecule has 0 fully saturated rings. The van der Waals surface area contributed by atoms with Gasteiger partial charge in [0.25, 0.3) is 0 Å². The highest BCUT2D eigenvalue weighted by atomic mass is 16.7. The zero-order valence-electron chi connectivity index (χ0n) is 16.7. The average molecular weight is 414 g/mol. The van der Waals surface area contributed by atoms with Crippen molar-refractivity contribution in [3.05, 3.63) is 71.4 Å². The number of pyridine rings is 1. The topological polar surface area (TPSA) is 78.7 Å². The number of fused-ring (bicyclic) bond motifs is 3. The lowest BCUT2D eigenvalue weighted by Crippen LogP contribution is -2.36. The Kier molecular flexibility index (Phi) is 3.86. The van der Waals surface area contributed by atoms with Crippen LogP contribution in [0, 0.1) is 6.92 Å². The van der Waals surface area contributed by atoms with Crippen LogP contribution in [0.5, 0.6) is 17.4 Å². The molecule has 0 radical (unpaired) electrons. The van der Waals surface area contributed by atoms with Crippen LogP contribution in [0.3, 0.4) is 0 Å². The fourth-order valence-electron chi connectivity index (χ4n) is 3.96. The maximum absolute atomic E-state index is 12.7. The Morgan fingerprint density at radius 3 is 2.74 bits per heavy atom. The van der Waals surface area contributed by atoms with Crippen LogP contribution in [-0.4, -0.2) is 32.6 Å². The molecule has 0 spiro atoms. The molecule has 0 atom stereocenters. The first-order chi connectivity index (χ1) is 15.2. The lowest BCUT2D eigenvalue weighted by Gasteiger charge is -2.27. The Morgan fingerprint density at radius 1 is 1.03 bits per heavy atom. The van der Waals surface area contributed by atoms with Crippen LogP contribution in [0.15, 0.2) is 54.6 Å². The van der Waals surface area contributed by atoms with E-state index < -0.39 is 6.09 Å². The van der Waals surface area contributed by atoms with Crippen LogP contribution in [0.25, 0.3) is 16.7 Å². The molecule has 2 aromatic carbocycles. The van der Waals surface area contributed by atoms with Crippen LogP contribution < -0.4 is 14.2 Å². The van der Waals surface area contributed by atoms with Gasteiger partial charge in [-0.15, -0.1) is 0 Å². The molecule has 0 bridgehead atoms. The Labute approximate surface area is 177 Å².